The molecule has 0 radical (unpaired) electrons. The van der Waals surface area contributed by atoms with Gasteiger partial charge >= 0.3 is 6.18 Å². The molecule has 1 N–H and O–H groups in total. The van der Waals surface area contributed by atoms with Crippen LogP contribution < -0.4 is 0 Å². The Hall–Kier alpha value is -2.64. The summed E-state index contributed by atoms with van der Waals surface area (Å²) in [6, 6.07) is 13.2. The number of nitrogens with zero attached hydrogens (tertiary/aromatic N) is 2. The molecule has 3 aromatic rings. The first-order valence-corrected chi connectivity index (χ1v) is 9.55. The highest BCUT2D eigenvalue weighted by Gasteiger charge is 2.30. The lowest BCUT2D eigenvalue weighted by molar-refractivity contribution is -0.137. The lowest BCUT2D eigenvalue weighted by Crippen LogP contribution is -2.40. The Kier molecular flexibility index (Phi) is 5.43. The van der Waals surface area contributed by atoms with Crippen molar-refractivity contribution in [2.75, 3.05) is 19.7 Å². The molecule has 1 fully saturated rings. The topological polar surface area (TPSA) is 41.2 Å². The van der Waals surface area contributed by atoms with Crippen molar-refractivity contribution in [2.45, 2.75) is 25.7 Å². The van der Waals surface area contributed by atoms with Crippen LogP contribution in [0.5, 0.6) is 0 Å². The van der Waals surface area contributed by atoms with E-state index in [2.05, 4.69) is 27.9 Å². The summed E-state index contributed by atoms with van der Waals surface area (Å²) in [6.45, 7) is 5.27. The minimum Gasteiger partial charge on any atom is -0.376 e. The number of hydrogen-bond donors (Lipinski definition) is 1. The zero-order chi connectivity index (χ0) is 20.4. The Morgan fingerprint density at radius 2 is 2.00 bits per heavy atom. The van der Waals surface area contributed by atoms with Crippen molar-refractivity contribution in [1.82, 2.24) is 14.9 Å². The van der Waals surface area contributed by atoms with Gasteiger partial charge in [-0.05, 0) is 24.6 Å². The summed E-state index contributed by atoms with van der Waals surface area (Å²) < 4.78 is 44.7. The number of H-pyrrole nitrogens is 1. The molecule has 0 amide bonds. The first kappa shape index (κ1) is 19.7. The van der Waals surface area contributed by atoms with Gasteiger partial charge in [0.2, 0.25) is 0 Å². The molecular formula is C22H22F3N3O. The molecule has 0 saturated carbocycles. The fourth-order valence-electron chi connectivity index (χ4n) is 3.63. The van der Waals surface area contributed by atoms with Crippen LogP contribution in [0.15, 0.2) is 54.7 Å². The third-order valence-electron chi connectivity index (χ3n) is 5.07. The van der Waals surface area contributed by atoms with E-state index in [-0.39, 0.29) is 6.10 Å². The fraction of sp³-hybridized carbons (Fsp3) is 0.318. The highest BCUT2D eigenvalue weighted by molar-refractivity contribution is 5.67. The summed E-state index contributed by atoms with van der Waals surface area (Å²) >= 11 is 0. The van der Waals surface area contributed by atoms with Gasteiger partial charge in [0.25, 0.3) is 0 Å². The summed E-state index contributed by atoms with van der Waals surface area (Å²) in [5, 5.41) is 0. The van der Waals surface area contributed by atoms with Gasteiger partial charge < -0.3 is 9.72 Å². The minimum absolute atomic E-state index is 0.201. The van der Waals surface area contributed by atoms with E-state index in [0.29, 0.717) is 23.7 Å². The number of morpholine rings is 1. The molecule has 4 nitrogen and oxygen atoms in total. The lowest BCUT2D eigenvalue weighted by atomic mass is 10.1. The normalized spacial score (nSPS) is 18.1. The second-order valence-corrected chi connectivity index (χ2v) is 7.30. The molecule has 0 spiro atoms. The van der Waals surface area contributed by atoms with Crippen LogP contribution in [-0.4, -0.2) is 40.7 Å². The smallest absolute Gasteiger partial charge is 0.376 e. The molecule has 0 bridgehead atoms. The van der Waals surface area contributed by atoms with Crippen molar-refractivity contribution in [3.8, 4) is 22.6 Å². The quantitative estimate of drug-likeness (QED) is 0.670. The predicted octanol–water partition coefficient (Wildman–Crippen LogP) is 4.98. The molecule has 29 heavy (non-hydrogen) atoms. The third kappa shape index (κ3) is 4.52. The number of aromatic amines is 1. The number of ether oxygens (including phenoxy) is 1. The van der Waals surface area contributed by atoms with E-state index in [4.69, 9.17) is 4.74 Å². The standard InChI is InChI=1S/C22H22F3N3O/c1-15-13-28(9-10-29-15)14-17-5-2-3-8-19(17)21-26-12-20(27-21)16-6-4-7-18(11-16)22(23,24)25/h2-8,11-12,15H,9-10,13-14H2,1H3,(H,26,27). The van der Waals surface area contributed by atoms with Crippen LogP contribution >= 0.6 is 0 Å². The van der Waals surface area contributed by atoms with Gasteiger partial charge in [-0.15, -0.1) is 0 Å². The summed E-state index contributed by atoms with van der Waals surface area (Å²) in [6.07, 6.45) is -2.59. The highest BCUT2D eigenvalue weighted by Crippen LogP contribution is 2.32. The molecule has 1 unspecified atom stereocenters. The Bertz CT molecular complexity index is 983. The summed E-state index contributed by atoms with van der Waals surface area (Å²) in [7, 11) is 0. The predicted molar refractivity (Wildman–Crippen MR) is 105 cm³/mol. The lowest BCUT2D eigenvalue weighted by Gasteiger charge is -2.31. The maximum atomic E-state index is 13.0. The van der Waals surface area contributed by atoms with Crippen molar-refractivity contribution >= 4 is 0 Å². The molecule has 0 aliphatic carbocycles. The van der Waals surface area contributed by atoms with Crippen LogP contribution in [0.3, 0.4) is 0 Å². The average molecular weight is 401 g/mol. The monoisotopic (exact) mass is 401 g/mol. The molecule has 2 aromatic carbocycles. The Balaban J connectivity index is 1.60. The van der Waals surface area contributed by atoms with Crippen LogP contribution in [-0.2, 0) is 17.5 Å². The summed E-state index contributed by atoms with van der Waals surface area (Å²) in [4.78, 5) is 9.97. The second kappa shape index (κ2) is 8.00. The van der Waals surface area contributed by atoms with Gasteiger partial charge in [-0.1, -0.05) is 36.4 Å². The fourth-order valence-corrected chi connectivity index (χ4v) is 3.63. The SMILES string of the molecule is CC1CN(Cc2ccccc2-c2ncc(-c3cccc(C(F)(F)F)c3)[nH]2)CCO1. The number of nitrogens with one attached hydrogen (secondary N) is 1. The number of imidazole rings is 1. The first-order valence-electron chi connectivity index (χ1n) is 9.55. The number of rotatable bonds is 4. The van der Waals surface area contributed by atoms with Gasteiger partial charge in [0, 0.05) is 30.8 Å². The van der Waals surface area contributed by atoms with Crippen molar-refractivity contribution in [2.24, 2.45) is 0 Å². The van der Waals surface area contributed by atoms with Crippen molar-refractivity contribution in [3.63, 3.8) is 0 Å². The first-order chi connectivity index (χ1) is 13.9. The van der Waals surface area contributed by atoms with Crippen LogP contribution in [0.2, 0.25) is 0 Å². The molecule has 1 aliphatic heterocycles. The minimum atomic E-state index is -4.37. The number of alkyl halides is 3. The Morgan fingerprint density at radius 1 is 1.17 bits per heavy atom. The van der Waals surface area contributed by atoms with Gasteiger partial charge in [0.15, 0.2) is 0 Å². The van der Waals surface area contributed by atoms with E-state index >= 15 is 0 Å². The molecule has 4 rings (SSSR count). The molecule has 152 valence electrons. The third-order valence-corrected chi connectivity index (χ3v) is 5.07. The molecule has 1 atom stereocenters. The van der Waals surface area contributed by atoms with Crippen LogP contribution in [0, 0.1) is 0 Å². The van der Waals surface area contributed by atoms with Crippen LogP contribution in [0.25, 0.3) is 22.6 Å². The van der Waals surface area contributed by atoms with Gasteiger partial charge in [-0.2, -0.15) is 13.2 Å². The molecule has 1 aromatic heterocycles. The molecule has 1 saturated heterocycles. The van der Waals surface area contributed by atoms with Gasteiger partial charge in [-0.25, -0.2) is 4.98 Å². The van der Waals surface area contributed by atoms with Gasteiger partial charge in [0.05, 0.1) is 30.2 Å². The van der Waals surface area contributed by atoms with E-state index < -0.39 is 11.7 Å². The van der Waals surface area contributed by atoms with E-state index in [9.17, 15) is 13.2 Å². The zero-order valence-corrected chi connectivity index (χ0v) is 16.0. The largest absolute Gasteiger partial charge is 0.416 e. The maximum Gasteiger partial charge on any atom is 0.416 e. The summed E-state index contributed by atoms with van der Waals surface area (Å²) in [5.74, 6) is 0.648. The molecule has 2 heterocycles. The van der Waals surface area contributed by atoms with Crippen LogP contribution in [0.4, 0.5) is 13.2 Å². The van der Waals surface area contributed by atoms with Crippen molar-refractivity contribution in [3.05, 3.63) is 65.9 Å². The Labute approximate surface area is 167 Å². The Morgan fingerprint density at radius 3 is 2.79 bits per heavy atom. The molecular weight excluding hydrogens is 379 g/mol. The molecule has 1 aliphatic rings. The van der Waals surface area contributed by atoms with E-state index in [1.54, 1.807) is 12.3 Å². The maximum absolute atomic E-state index is 13.0. The molecule has 7 heteroatoms. The van der Waals surface area contributed by atoms with E-state index in [1.165, 1.54) is 6.07 Å². The summed E-state index contributed by atoms with van der Waals surface area (Å²) in [5.41, 5.74) is 2.41. The number of benzene rings is 2. The number of hydrogen-bond acceptors (Lipinski definition) is 3. The highest BCUT2D eigenvalue weighted by atomic mass is 19.4. The number of aromatic nitrogens is 2. The second-order valence-electron chi connectivity index (χ2n) is 7.30. The van der Waals surface area contributed by atoms with Crippen molar-refractivity contribution in [1.29, 1.82) is 0 Å². The van der Waals surface area contributed by atoms with Crippen molar-refractivity contribution < 1.29 is 17.9 Å². The van der Waals surface area contributed by atoms with E-state index in [1.807, 2.05) is 18.2 Å². The van der Waals surface area contributed by atoms with Gasteiger partial charge in [-0.3, -0.25) is 4.90 Å². The zero-order valence-electron chi connectivity index (χ0n) is 16.0. The van der Waals surface area contributed by atoms with E-state index in [0.717, 1.165) is 42.9 Å². The number of halogens is 3. The van der Waals surface area contributed by atoms with Crippen LogP contribution in [0.1, 0.15) is 18.1 Å². The van der Waals surface area contributed by atoms with Gasteiger partial charge in [0.1, 0.15) is 5.82 Å². The average Bonchev–Trinajstić information content (AvgIpc) is 3.18.